The predicted molar refractivity (Wildman–Crippen MR) is 97.6 cm³/mol. The number of fused-ring (bicyclic) bond motifs is 1. The van der Waals surface area contributed by atoms with Crippen LogP contribution in [0.25, 0.3) is 5.65 Å². The van der Waals surface area contributed by atoms with Crippen LogP contribution in [-0.2, 0) is 14.3 Å². The Morgan fingerprint density at radius 3 is 2.21 bits per heavy atom. The number of hydrogen-bond acceptors (Lipinski definition) is 6. The molecule has 2 aliphatic rings. The molecule has 0 bridgehead atoms. The zero-order chi connectivity index (χ0) is 19.7. The lowest BCUT2D eigenvalue weighted by molar-refractivity contribution is -0.154. The van der Waals surface area contributed by atoms with Gasteiger partial charge in [0, 0.05) is 51.7 Å². The van der Waals surface area contributed by atoms with Gasteiger partial charge in [0.05, 0.1) is 18.9 Å². The molecule has 0 aromatic carbocycles. The zero-order valence-electron chi connectivity index (χ0n) is 15.7. The third-order valence-electron chi connectivity index (χ3n) is 5.12. The number of amides is 3. The molecule has 0 atom stereocenters. The Hall–Kier alpha value is -3.01. The van der Waals surface area contributed by atoms with E-state index in [-0.39, 0.29) is 5.91 Å². The fourth-order valence-electron chi connectivity index (χ4n) is 3.55. The van der Waals surface area contributed by atoms with Crippen molar-refractivity contribution >= 4 is 23.4 Å². The topological polar surface area (TPSA) is 100 Å². The number of rotatable bonds is 1. The predicted octanol–water partition coefficient (Wildman–Crippen LogP) is -0.819. The smallest absolute Gasteiger partial charge is 0.312 e. The normalized spacial score (nSPS) is 17.8. The average molecular weight is 386 g/mol. The van der Waals surface area contributed by atoms with Crippen LogP contribution in [0.15, 0.2) is 18.5 Å². The molecule has 10 nitrogen and oxygen atoms in total. The molecule has 0 radical (unpaired) electrons. The van der Waals surface area contributed by atoms with Gasteiger partial charge >= 0.3 is 11.8 Å². The standard InChI is InChI=1S/C18H22N6O4/c1-13-14(15-19-3-2-4-24(15)20-13)16(25)21-5-7-22(8-6-21)17(26)18(27)23-9-11-28-12-10-23/h2-4H,5-12H2,1H3. The van der Waals surface area contributed by atoms with Gasteiger partial charge in [0.15, 0.2) is 5.65 Å². The van der Waals surface area contributed by atoms with Gasteiger partial charge in [0.1, 0.15) is 5.56 Å². The summed E-state index contributed by atoms with van der Waals surface area (Å²) in [5.41, 5.74) is 1.61. The number of aryl methyl sites for hydroxylation is 1. The number of hydrogen-bond donors (Lipinski definition) is 0. The Bertz CT molecular complexity index is 912. The summed E-state index contributed by atoms with van der Waals surface area (Å²) in [6.07, 6.45) is 3.38. The van der Waals surface area contributed by atoms with Crippen LogP contribution in [0.3, 0.4) is 0 Å². The van der Waals surface area contributed by atoms with Crippen molar-refractivity contribution in [3.05, 3.63) is 29.7 Å². The first kappa shape index (κ1) is 18.4. The Kier molecular flexibility index (Phi) is 4.95. The van der Waals surface area contributed by atoms with Crippen molar-refractivity contribution < 1.29 is 19.1 Å². The summed E-state index contributed by atoms with van der Waals surface area (Å²) in [5, 5.41) is 4.33. The van der Waals surface area contributed by atoms with Crippen LogP contribution in [0.1, 0.15) is 16.1 Å². The highest BCUT2D eigenvalue weighted by Gasteiger charge is 2.32. The molecular weight excluding hydrogens is 364 g/mol. The number of aromatic nitrogens is 3. The number of nitrogens with zero attached hydrogens (tertiary/aromatic N) is 6. The van der Waals surface area contributed by atoms with Crippen molar-refractivity contribution in [1.82, 2.24) is 29.3 Å². The van der Waals surface area contributed by atoms with E-state index in [9.17, 15) is 14.4 Å². The molecule has 2 aromatic rings. The number of ether oxygens (including phenoxy) is 1. The Morgan fingerprint density at radius 1 is 0.929 bits per heavy atom. The molecule has 2 saturated heterocycles. The van der Waals surface area contributed by atoms with Crippen molar-refractivity contribution in [1.29, 1.82) is 0 Å². The molecule has 0 spiro atoms. The molecule has 148 valence electrons. The molecule has 10 heteroatoms. The first-order valence-electron chi connectivity index (χ1n) is 9.31. The number of piperazine rings is 1. The van der Waals surface area contributed by atoms with E-state index < -0.39 is 11.8 Å². The molecule has 3 amide bonds. The lowest BCUT2D eigenvalue weighted by atomic mass is 10.2. The summed E-state index contributed by atoms with van der Waals surface area (Å²) in [6.45, 7) is 4.94. The summed E-state index contributed by atoms with van der Waals surface area (Å²) < 4.78 is 6.80. The van der Waals surface area contributed by atoms with Crippen LogP contribution in [0, 0.1) is 6.92 Å². The number of morpholine rings is 1. The van der Waals surface area contributed by atoms with Crippen molar-refractivity contribution in [2.24, 2.45) is 0 Å². The zero-order valence-corrected chi connectivity index (χ0v) is 15.7. The van der Waals surface area contributed by atoms with Crippen LogP contribution in [0.2, 0.25) is 0 Å². The minimum atomic E-state index is -0.511. The van der Waals surface area contributed by atoms with Gasteiger partial charge in [-0.1, -0.05) is 0 Å². The van der Waals surface area contributed by atoms with Crippen LogP contribution in [0.4, 0.5) is 0 Å². The molecule has 0 N–H and O–H groups in total. The first-order chi connectivity index (χ1) is 13.6. The molecule has 28 heavy (non-hydrogen) atoms. The largest absolute Gasteiger partial charge is 0.378 e. The lowest BCUT2D eigenvalue weighted by Gasteiger charge is -2.35. The summed E-state index contributed by atoms with van der Waals surface area (Å²) >= 11 is 0. The van der Waals surface area contributed by atoms with Crippen LogP contribution >= 0.6 is 0 Å². The van der Waals surface area contributed by atoms with Gasteiger partial charge in [-0.25, -0.2) is 9.50 Å². The quantitative estimate of drug-likeness (QED) is 0.594. The van der Waals surface area contributed by atoms with Gasteiger partial charge in [-0.05, 0) is 13.0 Å². The van der Waals surface area contributed by atoms with Crippen LogP contribution in [-0.4, -0.2) is 99.5 Å². The minimum absolute atomic E-state index is 0.155. The van der Waals surface area contributed by atoms with E-state index in [1.165, 1.54) is 9.80 Å². The first-order valence-corrected chi connectivity index (χ1v) is 9.31. The van der Waals surface area contributed by atoms with E-state index in [1.807, 2.05) is 0 Å². The summed E-state index contributed by atoms with van der Waals surface area (Å²) in [6, 6.07) is 1.75. The van der Waals surface area contributed by atoms with Gasteiger partial charge in [0.25, 0.3) is 5.91 Å². The third kappa shape index (κ3) is 3.31. The van der Waals surface area contributed by atoms with Gasteiger partial charge in [-0.3, -0.25) is 14.4 Å². The lowest BCUT2D eigenvalue weighted by Crippen LogP contribution is -2.55. The molecule has 2 aromatic heterocycles. The van der Waals surface area contributed by atoms with Crippen molar-refractivity contribution in [3.8, 4) is 0 Å². The highest BCUT2D eigenvalue weighted by Crippen LogP contribution is 2.17. The molecule has 0 unspecified atom stereocenters. The third-order valence-corrected chi connectivity index (χ3v) is 5.12. The molecule has 4 rings (SSSR count). The maximum absolute atomic E-state index is 13.0. The fourth-order valence-corrected chi connectivity index (χ4v) is 3.55. The molecular formula is C18H22N6O4. The number of carbonyl (C=O) groups excluding carboxylic acids is 3. The summed E-state index contributed by atoms with van der Waals surface area (Å²) in [4.78, 5) is 46.9. The highest BCUT2D eigenvalue weighted by molar-refractivity contribution is 6.35. The Labute approximate surface area is 161 Å². The SMILES string of the molecule is Cc1nn2cccnc2c1C(=O)N1CCN(C(=O)C(=O)N2CCOCC2)CC1. The average Bonchev–Trinajstić information content (AvgIpc) is 3.08. The molecule has 2 fully saturated rings. The molecule has 0 saturated carbocycles. The maximum atomic E-state index is 13.0. The van der Waals surface area contributed by atoms with Gasteiger partial charge < -0.3 is 19.4 Å². The van der Waals surface area contributed by atoms with E-state index in [2.05, 4.69) is 10.1 Å². The fraction of sp³-hybridized carbons (Fsp3) is 0.500. The monoisotopic (exact) mass is 386 g/mol. The maximum Gasteiger partial charge on any atom is 0.312 e. The van der Waals surface area contributed by atoms with Gasteiger partial charge in [-0.2, -0.15) is 5.10 Å². The molecule has 4 heterocycles. The van der Waals surface area contributed by atoms with E-state index in [0.29, 0.717) is 69.4 Å². The minimum Gasteiger partial charge on any atom is -0.378 e. The number of carbonyl (C=O) groups is 3. The molecule has 2 aliphatic heterocycles. The van der Waals surface area contributed by atoms with E-state index in [0.717, 1.165) is 0 Å². The summed E-state index contributed by atoms with van der Waals surface area (Å²) in [5.74, 6) is -1.16. The van der Waals surface area contributed by atoms with Gasteiger partial charge in [-0.15, -0.1) is 0 Å². The van der Waals surface area contributed by atoms with Crippen molar-refractivity contribution in [3.63, 3.8) is 0 Å². The van der Waals surface area contributed by atoms with Crippen LogP contribution in [0.5, 0.6) is 0 Å². The second-order valence-corrected chi connectivity index (χ2v) is 6.84. The second kappa shape index (κ2) is 7.55. The second-order valence-electron chi connectivity index (χ2n) is 6.84. The van der Waals surface area contributed by atoms with Crippen LogP contribution < -0.4 is 0 Å². The van der Waals surface area contributed by atoms with Crippen molar-refractivity contribution in [2.45, 2.75) is 6.92 Å². The van der Waals surface area contributed by atoms with E-state index in [4.69, 9.17) is 4.74 Å². The van der Waals surface area contributed by atoms with Gasteiger partial charge in [0.2, 0.25) is 0 Å². The van der Waals surface area contributed by atoms with Crippen molar-refractivity contribution in [2.75, 3.05) is 52.5 Å². The summed E-state index contributed by atoms with van der Waals surface area (Å²) in [7, 11) is 0. The Morgan fingerprint density at radius 2 is 1.54 bits per heavy atom. The van der Waals surface area contributed by atoms with E-state index >= 15 is 0 Å². The Balaban J connectivity index is 1.41. The van der Waals surface area contributed by atoms with E-state index in [1.54, 1.807) is 34.8 Å². The highest BCUT2D eigenvalue weighted by atomic mass is 16.5. The molecule has 0 aliphatic carbocycles.